The van der Waals surface area contributed by atoms with Gasteiger partial charge < -0.3 is 14.2 Å². The van der Waals surface area contributed by atoms with Gasteiger partial charge in [-0.05, 0) is 20.3 Å². The van der Waals surface area contributed by atoms with Gasteiger partial charge in [0.2, 0.25) is 0 Å². The van der Waals surface area contributed by atoms with E-state index in [1.54, 1.807) is 13.8 Å². The highest BCUT2D eigenvalue weighted by molar-refractivity contribution is 9.09. The second-order valence-corrected chi connectivity index (χ2v) is 4.35. The van der Waals surface area contributed by atoms with Gasteiger partial charge in [0.25, 0.3) is 0 Å². The Balaban J connectivity index is 5.20. The summed E-state index contributed by atoms with van der Waals surface area (Å²) in [7, 11) is 1.24. The van der Waals surface area contributed by atoms with Gasteiger partial charge in [0, 0.05) is 11.4 Å². The Morgan fingerprint density at radius 1 is 1.10 bits per heavy atom. The number of methoxy groups -OCH3 is 1. The largest absolute Gasteiger partial charge is 0.466 e. The molecule has 0 saturated heterocycles. The molecule has 6 nitrogen and oxygen atoms in total. The number of hydrogen-bond donors (Lipinski definition) is 0. The predicted octanol–water partition coefficient (Wildman–Crippen LogP) is 1.61. The number of carbonyl (C=O) groups is 3. The zero-order valence-corrected chi connectivity index (χ0v) is 13.4. The van der Waals surface area contributed by atoms with Crippen molar-refractivity contribution in [1.29, 1.82) is 0 Å². The first kappa shape index (κ1) is 18.6. The van der Waals surface area contributed by atoms with Crippen LogP contribution in [0.5, 0.6) is 0 Å². The number of alkyl halides is 1. The lowest BCUT2D eigenvalue weighted by molar-refractivity contribution is -0.169. The van der Waals surface area contributed by atoms with Crippen LogP contribution in [-0.4, -0.2) is 43.6 Å². The molecule has 0 amide bonds. The summed E-state index contributed by atoms with van der Waals surface area (Å²) in [6.45, 7) is 3.58. The first-order chi connectivity index (χ1) is 9.48. The van der Waals surface area contributed by atoms with Crippen LogP contribution in [-0.2, 0) is 28.6 Å². The average molecular weight is 351 g/mol. The molecule has 0 bridgehead atoms. The molecule has 0 fully saturated rings. The zero-order chi connectivity index (χ0) is 15.6. The Bertz CT molecular complexity index is 359. The fraction of sp³-hybridized carbons (Fsp3) is 0.615. The second kappa shape index (κ2) is 9.52. The highest BCUT2D eigenvalue weighted by Gasteiger charge is 2.47. The third-order valence-corrected chi connectivity index (χ3v) is 3.44. The van der Waals surface area contributed by atoms with E-state index in [-0.39, 0.29) is 25.0 Å². The van der Waals surface area contributed by atoms with Crippen LogP contribution < -0.4 is 0 Å². The monoisotopic (exact) mass is 350 g/mol. The van der Waals surface area contributed by atoms with Crippen LogP contribution in [0.2, 0.25) is 0 Å². The molecule has 114 valence electrons. The topological polar surface area (TPSA) is 78.9 Å². The minimum atomic E-state index is -1.50. The van der Waals surface area contributed by atoms with Crippen molar-refractivity contribution >= 4 is 33.8 Å². The molecular weight excluding hydrogens is 332 g/mol. The van der Waals surface area contributed by atoms with Gasteiger partial charge in [-0.25, -0.2) is 4.79 Å². The van der Waals surface area contributed by atoms with Crippen molar-refractivity contribution in [2.24, 2.45) is 5.41 Å². The smallest absolute Gasteiger partial charge is 0.330 e. The summed E-state index contributed by atoms with van der Waals surface area (Å²) >= 11 is 3.15. The Kier molecular flexibility index (Phi) is 8.87. The second-order valence-electron chi connectivity index (χ2n) is 3.79. The molecule has 0 atom stereocenters. The molecule has 0 aromatic carbocycles. The summed E-state index contributed by atoms with van der Waals surface area (Å²) in [6.07, 6.45) is 2.52. The Morgan fingerprint density at radius 3 is 1.95 bits per heavy atom. The van der Waals surface area contributed by atoms with Gasteiger partial charge in [-0.2, -0.15) is 0 Å². The maximum atomic E-state index is 12.1. The molecule has 0 saturated carbocycles. The standard InChI is InChI=1S/C13H19BrO6/c1-4-19-11(16)13(9-14,12(17)20-5-2)8-6-7-10(15)18-3/h6-7H,4-5,8-9H2,1-3H3/b7-6+. The van der Waals surface area contributed by atoms with Crippen LogP contribution in [0, 0.1) is 5.41 Å². The number of halogens is 1. The van der Waals surface area contributed by atoms with E-state index in [9.17, 15) is 14.4 Å². The van der Waals surface area contributed by atoms with Gasteiger partial charge in [0.05, 0.1) is 20.3 Å². The van der Waals surface area contributed by atoms with E-state index in [1.807, 2.05) is 0 Å². The third-order valence-electron chi connectivity index (χ3n) is 2.48. The molecule has 20 heavy (non-hydrogen) atoms. The van der Waals surface area contributed by atoms with Crippen LogP contribution in [0.3, 0.4) is 0 Å². The van der Waals surface area contributed by atoms with Crippen molar-refractivity contribution in [2.75, 3.05) is 25.7 Å². The van der Waals surface area contributed by atoms with Gasteiger partial charge in [-0.1, -0.05) is 22.0 Å². The van der Waals surface area contributed by atoms with E-state index in [0.29, 0.717) is 0 Å². The fourth-order valence-corrected chi connectivity index (χ4v) is 2.06. The number of carbonyl (C=O) groups excluding carboxylic acids is 3. The van der Waals surface area contributed by atoms with Crippen LogP contribution in [0.25, 0.3) is 0 Å². The summed E-state index contributed by atoms with van der Waals surface area (Å²) < 4.78 is 14.3. The molecule has 0 aliphatic heterocycles. The Labute approximate surface area is 126 Å². The maximum absolute atomic E-state index is 12.1. The summed E-state index contributed by atoms with van der Waals surface area (Å²) in [5.41, 5.74) is -1.50. The number of allylic oxidation sites excluding steroid dienone is 1. The average Bonchev–Trinajstić information content (AvgIpc) is 2.43. The summed E-state index contributed by atoms with van der Waals surface area (Å²) in [6, 6.07) is 0. The van der Waals surface area contributed by atoms with Gasteiger partial charge in [-0.3, -0.25) is 9.59 Å². The highest BCUT2D eigenvalue weighted by atomic mass is 79.9. The molecule has 0 heterocycles. The molecule has 7 heteroatoms. The zero-order valence-electron chi connectivity index (χ0n) is 11.8. The fourth-order valence-electron chi connectivity index (χ4n) is 1.38. The van der Waals surface area contributed by atoms with Crippen LogP contribution in [0.1, 0.15) is 20.3 Å². The lowest BCUT2D eigenvalue weighted by atomic mass is 9.86. The molecule has 0 radical (unpaired) electrons. The van der Waals surface area contributed by atoms with Crippen LogP contribution in [0.4, 0.5) is 0 Å². The first-order valence-electron chi connectivity index (χ1n) is 6.13. The van der Waals surface area contributed by atoms with Crippen molar-refractivity contribution in [1.82, 2.24) is 0 Å². The summed E-state index contributed by atoms with van der Waals surface area (Å²) in [4.78, 5) is 35.1. The van der Waals surface area contributed by atoms with E-state index in [2.05, 4.69) is 20.7 Å². The van der Waals surface area contributed by atoms with Crippen molar-refractivity contribution in [3.8, 4) is 0 Å². The van der Waals surface area contributed by atoms with Crippen molar-refractivity contribution in [3.05, 3.63) is 12.2 Å². The number of esters is 3. The number of ether oxygens (including phenoxy) is 3. The summed E-state index contributed by atoms with van der Waals surface area (Å²) in [5, 5.41) is 0.0309. The van der Waals surface area contributed by atoms with Crippen LogP contribution in [0.15, 0.2) is 12.2 Å². The van der Waals surface area contributed by atoms with E-state index in [0.717, 1.165) is 6.08 Å². The van der Waals surface area contributed by atoms with Crippen molar-refractivity contribution in [3.63, 3.8) is 0 Å². The molecule has 0 N–H and O–H groups in total. The molecule has 0 spiro atoms. The molecular formula is C13H19BrO6. The minimum Gasteiger partial charge on any atom is -0.466 e. The van der Waals surface area contributed by atoms with Gasteiger partial charge in [0.1, 0.15) is 0 Å². The Morgan fingerprint density at radius 2 is 1.60 bits per heavy atom. The SMILES string of the molecule is CCOC(=O)C(CBr)(C/C=C/C(=O)OC)C(=O)OCC. The molecule has 0 aliphatic carbocycles. The van der Waals surface area contributed by atoms with Crippen molar-refractivity contribution in [2.45, 2.75) is 20.3 Å². The molecule has 0 rings (SSSR count). The normalized spacial score (nSPS) is 11.2. The number of rotatable bonds is 8. The lowest BCUT2D eigenvalue weighted by Crippen LogP contribution is -2.43. The first-order valence-corrected chi connectivity index (χ1v) is 7.25. The van der Waals surface area contributed by atoms with E-state index in [1.165, 1.54) is 13.2 Å². The van der Waals surface area contributed by atoms with Crippen LogP contribution >= 0.6 is 15.9 Å². The quantitative estimate of drug-likeness (QED) is 0.217. The van der Waals surface area contributed by atoms with Gasteiger partial charge in [-0.15, -0.1) is 0 Å². The minimum absolute atomic E-state index is 0.0228. The molecule has 0 aromatic heterocycles. The van der Waals surface area contributed by atoms with Gasteiger partial charge in [0.15, 0.2) is 5.41 Å². The number of hydrogen-bond acceptors (Lipinski definition) is 6. The van der Waals surface area contributed by atoms with E-state index in [4.69, 9.17) is 9.47 Å². The third kappa shape index (κ3) is 4.96. The highest BCUT2D eigenvalue weighted by Crippen LogP contribution is 2.29. The Hall–Kier alpha value is -1.37. The molecule has 0 aromatic rings. The van der Waals surface area contributed by atoms with E-state index >= 15 is 0 Å². The molecule has 0 aliphatic rings. The van der Waals surface area contributed by atoms with Gasteiger partial charge >= 0.3 is 17.9 Å². The van der Waals surface area contributed by atoms with E-state index < -0.39 is 23.3 Å². The van der Waals surface area contributed by atoms with Crippen molar-refractivity contribution < 1.29 is 28.6 Å². The lowest BCUT2D eigenvalue weighted by Gasteiger charge is -2.25. The maximum Gasteiger partial charge on any atom is 0.330 e. The molecule has 0 unspecified atom stereocenters. The predicted molar refractivity (Wildman–Crippen MR) is 75.3 cm³/mol. The summed E-state index contributed by atoms with van der Waals surface area (Å²) in [5.74, 6) is -1.95.